The van der Waals surface area contributed by atoms with E-state index >= 15 is 0 Å². The maximum atomic E-state index is 5.91. The molecule has 2 heteroatoms. The molecule has 0 aromatic carbocycles. The zero-order valence-corrected chi connectivity index (χ0v) is 11.5. The lowest BCUT2D eigenvalue weighted by molar-refractivity contribution is 0.112. The second-order valence-electron chi connectivity index (χ2n) is 5.36. The van der Waals surface area contributed by atoms with Gasteiger partial charge in [0.1, 0.15) is 0 Å². The molecule has 2 N–H and O–H groups in total. The van der Waals surface area contributed by atoms with Gasteiger partial charge in [-0.25, -0.2) is 0 Å². The Morgan fingerprint density at radius 3 is 2.82 bits per heavy atom. The zero-order chi connectivity index (χ0) is 12.5. The van der Waals surface area contributed by atoms with E-state index in [9.17, 15) is 0 Å². The van der Waals surface area contributed by atoms with Crippen LogP contribution in [0.1, 0.15) is 51.9 Å². The third-order valence-electron chi connectivity index (χ3n) is 4.15. The molecule has 2 unspecified atom stereocenters. The molecule has 0 saturated carbocycles. The highest BCUT2D eigenvalue weighted by molar-refractivity contribution is 4.81. The van der Waals surface area contributed by atoms with Crippen molar-refractivity contribution in [2.75, 3.05) is 19.6 Å². The van der Waals surface area contributed by atoms with Gasteiger partial charge in [0, 0.05) is 12.6 Å². The van der Waals surface area contributed by atoms with E-state index in [1.807, 2.05) is 6.08 Å². The summed E-state index contributed by atoms with van der Waals surface area (Å²) in [6.07, 6.45) is 11.1. The van der Waals surface area contributed by atoms with Crippen LogP contribution in [0.4, 0.5) is 0 Å². The van der Waals surface area contributed by atoms with Crippen LogP contribution in [-0.4, -0.2) is 30.6 Å². The van der Waals surface area contributed by atoms with Crippen molar-refractivity contribution in [3.63, 3.8) is 0 Å². The van der Waals surface area contributed by atoms with Gasteiger partial charge < -0.3 is 5.73 Å². The molecule has 1 aliphatic rings. The Bertz CT molecular complexity index is 203. The van der Waals surface area contributed by atoms with Crippen molar-refractivity contribution in [2.24, 2.45) is 11.7 Å². The van der Waals surface area contributed by atoms with E-state index in [1.54, 1.807) is 0 Å². The molecule has 0 radical (unpaired) electrons. The number of hydrogen-bond donors (Lipinski definition) is 1. The second-order valence-corrected chi connectivity index (χ2v) is 5.36. The minimum absolute atomic E-state index is 0.646. The first-order chi connectivity index (χ1) is 8.31. The van der Waals surface area contributed by atoms with E-state index in [1.165, 1.54) is 51.6 Å². The van der Waals surface area contributed by atoms with Crippen LogP contribution in [0.3, 0.4) is 0 Å². The summed E-state index contributed by atoms with van der Waals surface area (Å²) in [5, 5.41) is 0. The zero-order valence-electron chi connectivity index (χ0n) is 11.5. The Morgan fingerprint density at radius 1 is 1.35 bits per heavy atom. The lowest BCUT2D eigenvalue weighted by Crippen LogP contribution is -2.46. The van der Waals surface area contributed by atoms with Crippen molar-refractivity contribution >= 4 is 0 Å². The maximum Gasteiger partial charge on any atom is 0.0221 e. The summed E-state index contributed by atoms with van der Waals surface area (Å²) in [4.78, 5) is 2.63. The summed E-state index contributed by atoms with van der Waals surface area (Å²) in [6, 6.07) is 0.646. The summed E-state index contributed by atoms with van der Waals surface area (Å²) < 4.78 is 0. The van der Waals surface area contributed by atoms with Crippen LogP contribution >= 0.6 is 0 Å². The number of rotatable bonds is 8. The number of hydrogen-bond acceptors (Lipinski definition) is 2. The summed E-state index contributed by atoms with van der Waals surface area (Å²) in [6.45, 7) is 9.42. The maximum absolute atomic E-state index is 5.91. The lowest BCUT2D eigenvalue weighted by atomic mass is 9.89. The van der Waals surface area contributed by atoms with Crippen molar-refractivity contribution in [3.05, 3.63) is 12.7 Å². The number of piperidine rings is 1. The number of allylic oxidation sites excluding steroid dienone is 1. The molecule has 17 heavy (non-hydrogen) atoms. The summed E-state index contributed by atoms with van der Waals surface area (Å²) in [5.74, 6) is 0.917. The first kappa shape index (κ1) is 14.7. The van der Waals surface area contributed by atoms with Crippen LogP contribution in [0.25, 0.3) is 0 Å². The van der Waals surface area contributed by atoms with Crippen molar-refractivity contribution in [3.8, 4) is 0 Å². The molecule has 0 aliphatic carbocycles. The molecule has 0 aromatic heterocycles. The number of unbranched alkanes of at least 4 members (excludes halogenated alkanes) is 3. The van der Waals surface area contributed by atoms with Crippen LogP contribution < -0.4 is 5.73 Å². The van der Waals surface area contributed by atoms with Crippen molar-refractivity contribution in [1.29, 1.82) is 0 Å². The van der Waals surface area contributed by atoms with E-state index in [2.05, 4.69) is 18.4 Å². The average Bonchev–Trinajstić information content (AvgIpc) is 2.38. The Kier molecular flexibility index (Phi) is 7.54. The van der Waals surface area contributed by atoms with E-state index in [4.69, 9.17) is 5.73 Å². The monoisotopic (exact) mass is 238 g/mol. The molecule has 0 amide bonds. The summed E-state index contributed by atoms with van der Waals surface area (Å²) >= 11 is 0. The highest BCUT2D eigenvalue weighted by atomic mass is 15.2. The molecule has 1 saturated heterocycles. The smallest absolute Gasteiger partial charge is 0.0221 e. The van der Waals surface area contributed by atoms with Gasteiger partial charge in [-0.05, 0) is 51.1 Å². The fourth-order valence-corrected chi connectivity index (χ4v) is 2.87. The quantitative estimate of drug-likeness (QED) is 0.520. The molecule has 0 bridgehead atoms. The van der Waals surface area contributed by atoms with Gasteiger partial charge in [-0.15, -0.1) is 6.58 Å². The minimum Gasteiger partial charge on any atom is -0.329 e. The van der Waals surface area contributed by atoms with Crippen LogP contribution in [-0.2, 0) is 0 Å². The van der Waals surface area contributed by atoms with Crippen molar-refractivity contribution in [2.45, 2.75) is 57.9 Å². The highest BCUT2D eigenvalue weighted by Gasteiger charge is 2.25. The van der Waals surface area contributed by atoms with E-state index in [-0.39, 0.29) is 0 Å². The lowest BCUT2D eigenvalue weighted by Gasteiger charge is -2.38. The summed E-state index contributed by atoms with van der Waals surface area (Å²) in [7, 11) is 0. The van der Waals surface area contributed by atoms with E-state index in [0.29, 0.717) is 6.04 Å². The van der Waals surface area contributed by atoms with Crippen LogP contribution in [0.15, 0.2) is 12.7 Å². The third-order valence-corrected chi connectivity index (χ3v) is 4.15. The molecule has 1 heterocycles. The molecular formula is C15H30N2. The largest absolute Gasteiger partial charge is 0.329 e. The van der Waals surface area contributed by atoms with E-state index < -0.39 is 0 Å². The average molecular weight is 238 g/mol. The van der Waals surface area contributed by atoms with Gasteiger partial charge in [0.25, 0.3) is 0 Å². The molecule has 1 fully saturated rings. The van der Waals surface area contributed by atoms with Gasteiger partial charge >= 0.3 is 0 Å². The third kappa shape index (κ3) is 5.22. The SMILES string of the molecule is C=CCCCCCN1CCC(CC)CC1CN. The van der Waals surface area contributed by atoms with Gasteiger partial charge in [0.05, 0.1) is 0 Å². The Morgan fingerprint density at radius 2 is 2.18 bits per heavy atom. The molecule has 2 atom stereocenters. The first-order valence-corrected chi connectivity index (χ1v) is 7.36. The van der Waals surface area contributed by atoms with Crippen LogP contribution in [0.2, 0.25) is 0 Å². The van der Waals surface area contributed by atoms with Gasteiger partial charge in [-0.1, -0.05) is 25.8 Å². The fraction of sp³-hybridized carbons (Fsp3) is 0.867. The van der Waals surface area contributed by atoms with Gasteiger partial charge in [-0.3, -0.25) is 4.90 Å². The molecule has 2 nitrogen and oxygen atoms in total. The fourth-order valence-electron chi connectivity index (χ4n) is 2.87. The van der Waals surface area contributed by atoms with Crippen molar-refractivity contribution in [1.82, 2.24) is 4.90 Å². The Balaban J connectivity index is 2.20. The highest BCUT2D eigenvalue weighted by Crippen LogP contribution is 2.25. The standard InChI is InChI=1S/C15H30N2/c1-3-5-6-7-8-10-17-11-9-14(4-2)12-15(17)13-16/h3,14-15H,1,4-13,16H2,2H3. The molecule has 0 aromatic rings. The van der Waals surface area contributed by atoms with E-state index in [0.717, 1.165) is 18.9 Å². The summed E-state index contributed by atoms with van der Waals surface area (Å²) in [5.41, 5.74) is 5.91. The molecular weight excluding hydrogens is 208 g/mol. The van der Waals surface area contributed by atoms with Gasteiger partial charge in [0.15, 0.2) is 0 Å². The van der Waals surface area contributed by atoms with Crippen LogP contribution in [0, 0.1) is 5.92 Å². The Labute approximate surface area is 107 Å². The topological polar surface area (TPSA) is 29.3 Å². The Hall–Kier alpha value is -0.340. The second kappa shape index (κ2) is 8.71. The number of likely N-dealkylation sites (tertiary alicyclic amines) is 1. The first-order valence-electron chi connectivity index (χ1n) is 7.36. The number of nitrogens with zero attached hydrogens (tertiary/aromatic N) is 1. The van der Waals surface area contributed by atoms with Gasteiger partial charge in [-0.2, -0.15) is 0 Å². The van der Waals surface area contributed by atoms with Gasteiger partial charge in [0.2, 0.25) is 0 Å². The molecule has 100 valence electrons. The normalized spacial score (nSPS) is 26.0. The van der Waals surface area contributed by atoms with Crippen LogP contribution in [0.5, 0.6) is 0 Å². The molecule has 1 rings (SSSR count). The van der Waals surface area contributed by atoms with Crippen molar-refractivity contribution < 1.29 is 0 Å². The predicted molar refractivity (Wildman–Crippen MR) is 76.1 cm³/mol. The molecule has 1 aliphatic heterocycles. The number of nitrogens with two attached hydrogens (primary N) is 1. The predicted octanol–water partition coefficient (Wildman–Crippen LogP) is 3.18. The molecule has 0 spiro atoms. The minimum atomic E-state index is 0.646.